The molecule has 0 aliphatic heterocycles. The van der Waals surface area contributed by atoms with Gasteiger partial charge in [0.1, 0.15) is 11.0 Å². The third kappa shape index (κ3) is 1.84. The van der Waals surface area contributed by atoms with Gasteiger partial charge >= 0.3 is 0 Å². The van der Waals surface area contributed by atoms with Crippen molar-refractivity contribution in [2.45, 2.75) is 0 Å². The highest BCUT2D eigenvalue weighted by Gasteiger charge is 2.10. The van der Waals surface area contributed by atoms with Crippen molar-refractivity contribution in [2.75, 3.05) is 5.32 Å². The Morgan fingerprint density at radius 3 is 3.07 bits per heavy atom. The number of rotatable bonds is 2. The van der Waals surface area contributed by atoms with Gasteiger partial charge in [0, 0.05) is 0 Å². The Morgan fingerprint density at radius 1 is 1.53 bits per heavy atom. The summed E-state index contributed by atoms with van der Waals surface area (Å²) in [7, 11) is 0. The summed E-state index contributed by atoms with van der Waals surface area (Å²) in [4.78, 5) is 11.2. The summed E-state index contributed by atoms with van der Waals surface area (Å²) in [6, 6.07) is 3.43. The van der Waals surface area contributed by atoms with Gasteiger partial charge in [-0.05, 0) is 18.2 Å². The van der Waals surface area contributed by atoms with Crippen molar-refractivity contribution in [3.63, 3.8) is 0 Å². The lowest BCUT2D eigenvalue weighted by Gasteiger charge is -2.04. The standard InChI is InChI=1S/C9H6ClN3OS/c1-2-7(14)11-8-5(10)3-4-6-9(8)13-15-12-6/h2-4H,1H2,(H,11,14). The molecular formula is C9H6ClN3OS. The lowest BCUT2D eigenvalue weighted by Crippen LogP contribution is -2.08. The number of aromatic nitrogens is 2. The van der Waals surface area contributed by atoms with Crippen molar-refractivity contribution in [2.24, 2.45) is 0 Å². The van der Waals surface area contributed by atoms with E-state index in [1.54, 1.807) is 12.1 Å². The topological polar surface area (TPSA) is 54.9 Å². The largest absolute Gasteiger partial charge is 0.319 e. The summed E-state index contributed by atoms with van der Waals surface area (Å²) in [5.41, 5.74) is 1.79. The van der Waals surface area contributed by atoms with E-state index in [0.29, 0.717) is 21.7 Å². The molecule has 0 fully saturated rings. The summed E-state index contributed by atoms with van der Waals surface area (Å²) >= 11 is 7.02. The molecule has 0 saturated carbocycles. The molecule has 0 unspecified atom stereocenters. The van der Waals surface area contributed by atoms with Crippen molar-refractivity contribution in [3.05, 3.63) is 29.8 Å². The van der Waals surface area contributed by atoms with Crippen molar-refractivity contribution >= 4 is 46.0 Å². The first-order valence-electron chi connectivity index (χ1n) is 4.06. The zero-order chi connectivity index (χ0) is 10.8. The number of hydrogen-bond acceptors (Lipinski definition) is 4. The molecule has 0 aliphatic carbocycles. The van der Waals surface area contributed by atoms with Crippen LogP contribution in [0.3, 0.4) is 0 Å². The molecule has 1 amide bonds. The van der Waals surface area contributed by atoms with Crippen LogP contribution < -0.4 is 5.32 Å². The van der Waals surface area contributed by atoms with Gasteiger partial charge in [-0.25, -0.2) is 0 Å². The van der Waals surface area contributed by atoms with Gasteiger partial charge in [0.2, 0.25) is 5.91 Å². The fourth-order valence-corrected chi connectivity index (χ4v) is 1.86. The smallest absolute Gasteiger partial charge is 0.247 e. The number of hydrogen-bond donors (Lipinski definition) is 1. The maximum Gasteiger partial charge on any atom is 0.247 e. The van der Waals surface area contributed by atoms with Crippen molar-refractivity contribution in [1.82, 2.24) is 8.75 Å². The minimum absolute atomic E-state index is 0.322. The monoisotopic (exact) mass is 239 g/mol. The molecule has 0 spiro atoms. The highest BCUT2D eigenvalue weighted by atomic mass is 35.5. The van der Waals surface area contributed by atoms with E-state index in [1.165, 1.54) is 6.08 Å². The molecule has 4 nitrogen and oxygen atoms in total. The van der Waals surface area contributed by atoms with E-state index in [9.17, 15) is 4.79 Å². The lowest BCUT2D eigenvalue weighted by molar-refractivity contribution is -0.111. The van der Waals surface area contributed by atoms with Gasteiger partial charge in [0.25, 0.3) is 0 Å². The minimum Gasteiger partial charge on any atom is -0.319 e. The molecule has 76 valence electrons. The van der Waals surface area contributed by atoms with E-state index in [2.05, 4.69) is 20.6 Å². The molecule has 6 heteroatoms. The first kappa shape index (κ1) is 10.1. The summed E-state index contributed by atoms with van der Waals surface area (Å²) < 4.78 is 8.11. The molecule has 1 aromatic carbocycles. The van der Waals surface area contributed by atoms with Gasteiger partial charge in [-0.3, -0.25) is 4.79 Å². The molecule has 0 aliphatic rings. The second-order valence-electron chi connectivity index (χ2n) is 2.75. The summed E-state index contributed by atoms with van der Waals surface area (Å²) in [5, 5.41) is 3.04. The number of halogens is 1. The van der Waals surface area contributed by atoms with Crippen molar-refractivity contribution in [3.8, 4) is 0 Å². The van der Waals surface area contributed by atoms with Crippen LogP contribution in [0.1, 0.15) is 0 Å². The Morgan fingerprint density at radius 2 is 2.33 bits per heavy atom. The normalized spacial score (nSPS) is 10.2. The number of benzene rings is 1. The van der Waals surface area contributed by atoms with Crippen LogP contribution in [0.25, 0.3) is 11.0 Å². The number of carbonyl (C=O) groups is 1. The lowest BCUT2D eigenvalue weighted by atomic mass is 10.2. The average molecular weight is 240 g/mol. The molecule has 1 heterocycles. The summed E-state index contributed by atoms with van der Waals surface area (Å²) in [5.74, 6) is -0.322. The summed E-state index contributed by atoms with van der Waals surface area (Å²) in [6.07, 6.45) is 1.18. The van der Waals surface area contributed by atoms with Crippen LogP contribution in [0.15, 0.2) is 24.8 Å². The molecular weight excluding hydrogens is 234 g/mol. The van der Waals surface area contributed by atoms with Crippen LogP contribution >= 0.6 is 23.3 Å². The number of anilines is 1. The number of nitrogens with one attached hydrogen (secondary N) is 1. The van der Waals surface area contributed by atoms with Crippen molar-refractivity contribution < 1.29 is 4.79 Å². The SMILES string of the molecule is C=CC(=O)Nc1c(Cl)ccc2nsnc12. The quantitative estimate of drug-likeness (QED) is 0.819. The van der Waals surface area contributed by atoms with E-state index in [0.717, 1.165) is 11.7 Å². The number of fused-ring (bicyclic) bond motifs is 1. The van der Waals surface area contributed by atoms with Gasteiger partial charge in [0.15, 0.2) is 0 Å². The second-order valence-corrected chi connectivity index (χ2v) is 3.68. The molecule has 15 heavy (non-hydrogen) atoms. The predicted molar refractivity (Wildman–Crippen MR) is 61.3 cm³/mol. The zero-order valence-electron chi connectivity index (χ0n) is 7.53. The van der Waals surface area contributed by atoms with E-state index in [1.807, 2.05) is 0 Å². The third-order valence-electron chi connectivity index (χ3n) is 1.81. The Hall–Kier alpha value is -1.46. The van der Waals surface area contributed by atoms with E-state index in [4.69, 9.17) is 11.6 Å². The Labute approximate surface area is 94.9 Å². The first-order valence-corrected chi connectivity index (χ1v) is 5.17. The van der Waals surface area contributed by atoms with Gasteiger partial charge < -0.3 is 5.32 Å². The molecule has 1 aromatic heterocycles. The van der Waals surface area contributed by atoms with Crippen LogP contribution in [-0.4, -0.2) is 14.7 Å². The fourth-order valence-electron chi connectivity index (χ4n) is 1.12. The van der Waals surface area contributed by atoms with Crippen LogP contribution in [-0.2, 0) is 4.79 Å². The Balaban J connectivity index is 2.56. The van der Waals surface area contributed by atoms with Crippen LogP contribution in [0, 0.1) is 0 Å². The van der Waals surface area contributed by atoms with Crippen LogP contribution in [0.5, 0.6) is 0 Å². The fraction of sp³-hybridized carbons (Fsp3) is 0. The average Bonchev–Trinajstić information content (AvgIpc) is 2.70. The van der Waals surface area contributed by atoms with E-state index < -0.39 is 0 Å². The van der Waals surface area contributed by atoms with Gasteiger partial charge in [0.05, 0.1) is 22.4 Å². The highest BCUT2D eigenvalue weighted by Crippen LogP contribution is 2.29. The van der Waals surface area contributed by atoms with Crippen LogP contribution in [0.2, 0.25) is 5.02 Å². The molecule has 0 bridgehead atoms. The van der Waals surface area contributed by atoms with Gasteiger partial charge in [-0.2, -0.15) is 8.75 Å². The van der Waals surface area contributed by atoms with Crippen molar-refractivity contribution in [1.29, 1.82) is 0 Å². The second kappa shape index (κ2) is 3.96. The molecule has 1 N–H and O–H groups in total. The predicted octanol–water partition coefficient (Wildman–Crippen LogP) is 2.47. The molecule has 2 aromatic rings. The molecule has 0 saturated heterocycles. The van der Waals surface area contributed by atoms with Crippen LogP contribution in [0.4, 0.5) is 5.69 Å². The third-order valence-corrected chi connectivity index (χ3v) is 2.67. The highest BCUT2D eigenvalue weighted by molar-refractivity contribution is 7.00. The maximum atomic E-state index is 11.2. The van der Waals surface area contributed by atoms with Gasteiger partial charge in [-0.1, -0.05) is 18.2 Å². The van der Waals surface area contributed by atoms with E-state index >= 15 is 0 Å². The minimum atomic E-state index is -0.322. The Bertz CT molecular complexity index is 537. The number of nitrogens with zero attached hydrogens (tertiary/aromatic N) is 2. The number of amides is 1. The molecule has 0 atom stereocenters. The molecule has 2 rings (SSSR count). The van der Waals surface area contributed by atoms with Gasteiger partial charge in [-0.15, -0.1) is 0 Å². The summed E-state index contributed by atoms with van der Waals surface area (Å²) in [6.45, 7) is 3.37. The number of carbonyl (C=O) groups excluding carboxylic acids is 1. The van der Waals surface area contributed by atoms with E-state index in [-0.39, 0.29) is 5.91 Å². The zero-order valence-corrected chi connectivity index (χ0v) is 9.10. The first-order chi connectivity index (χ1) is 7.22. The maximum absolute atomic E-state index is 11.2. The Kier molecular flexibility index (Phi) is 2.66. The molecule has 0 radical (unpaired) electrons.